The van der Waals surface area contributed by atoms with Crippen LogP contribution in [0.25, 0.3) is 0 Å². The highest BCUT2D eigenvalue weighted by atomic mass is 16.2. The van der Waals surface area contributed by atoms with E-state index in [4.69, 9.17) is 5.26 Å². The van der Waals surface area contributed by atoms with Crippen molar-refractivity contribution in [1.29, 1.82) is 5.26 Å². The summed E-state index contributed by atoms with van der Waals surface area (Å²) in [6.45, 7) is 2.06. The summed E-state index contributed by atoms with van der Waals surface area (Å²) < 4.78 is 0. The third kappa shape index (κ3) is 3.59. The van der Waals surface area contributed by atoms with E-state index in [0.29, 0.717) is 11.3 Å². The maximum atomic E-state index is 11.9. The van der Waals surface area contributed by atoms with Crippen molar-refractivity contribution in [2.45, 2.75) is 13.3 Å². The first-order valence-corrected chi connectivity index (χ1v) is 6.38. The van der Waals surface area contributed by atoms with E-state index in [0.717, 1.165) is 17.7 Å². The van der Waals surface area contributed by atoms with Crippen molar-refractivity contribution in [3.8, 4) is 6.07 Å². The second kappa shape index (κ2) is 6.39. The maximum Gasteiger partial charge on any atom is 0.323 e. The molecule has 0 heterocycles. The van der Waals surface area contributed by atoms with Crippen molar-refractivity contribution in [3.63, 3.8) is 0 Å². The lowest BCUT2D eigenvalue weighted by atomic mass is 10.1. The number of rotatable bonds is 3. The van der Waals surface area contributed by atoms with E-state index in [1.165, 1.54) is 0 Å². The number of hydrogen-bond donors (Lipinski definition) is 2. The molecule has 20 heavy (non-hydrogen) atoms. The lowest BCUT2D eigenvalue weighted by Gasteiger charge is -2.08. The van der Waals surface area contributed by atoms with Gasteiger partial charge in [0.2, 0.25) is 0 Å². The number of carbonyl (C=O) groups is 1. The van der Waals surface area contributed by atoms with Gasteiger partial charge in [-0.3, -0.25) is 0 Å². The summed E-state index contributed by atoms with van der Waals surface area (Å²) in [5.41, 5.74) is 3.01. The number of nitrogens with zero attached hydrogens (tertiary/aromatic N) is 1. The van der Waals surface area contributed by atoms with Gasteiger partial charge in [0.25, 0.3) is 0 Å². The van der Waals surface area contributed by atoms with Crippen LogP contribution in [0, 0.1) is 11.3 Å². The van der Waals surface area contributed by atoms with Crippen LogP contribution in [0.3, 0.4) is 0 Å². The van der Waals surface area contributed by atoms with Crippen molar-refractivity contribution in [3.05, 3.63) is 59.7 Å². The molecule has 2 rings (SSSR count). The molecule has 100 valence electrons. The highest BCUT2D eigenvalue weighted by molar-refractivity contribution is 5.99. The van der Waals surface area contributed by atoms with E-state index >= 15 is 0 Å². The predicted octanol–water partition coefficient (Wildman–Crippen LogP) is 3.76. The summed E-state index contributed by atoms with van der Waals surface area (Å²) in [6.07, 6.45) is 0.918. The molecule has 0 unspecified atom stereocenters. The number of carbonyl (C=O) groups excluding carboxylic acids is 1. The Labute approximate surface area is 118 Å². The van der Waals surface area contributed by atoms with Gasteiger partial charge in [-0.2, -0.15) is 5.26 Å². The Morgan fingerprint density at radius 1 is 1.10 bits per heavy atom. The van der Waals surface area contributed by atoms with Gasteiger partial charge >= 0.3 is 6.03 Å². The first-order chi connectivity index (χ1) is 9.71. The Hall–Kier alpha value is -2.80. The van der Waals surface area contributed by atoms with Crippen molar-refractivity contribution < 1.29 is 4.79 Å². The minimum Gasteiger partial charge on any atom is -0.308 e. The number of amides is 2. The van der Waals surface area contributed by atoms with Crippen LogP contribution in [-0.2, 0) is 6.42 Å². The Balaban J connectivity index is 2.03. The van der Waals surface area contributed by atoms with Gasteiger partial charge in [-0.25, -0.2) is 4.79 Å². The molecule has 0 bridgehead atoms. The largest absolute Gasteiger partial charge is 0.323 e. The minimum atomic E-state index is -0.326. The van der Waals surface area contributed by atoms with Crippen LogP contribution in [0.5, 0.6) is 0 Å². The monoisotopic (exact) mass is 265 g/mol. The molecule has 2 aromatic carbocycles. The second-order valence-electron chi connectivity index (χ2n) is 4.33. The van der Waals surface area contributed by atoms with Gasteiger partial charge in [-0.15, -0.1) is 0 Å². The van der Waals surface area contributed by atoms with E-state index in [1.807, 2.05) is 30.3 Å². The van der Waals surface area contributed by atoms with E-state index in [2.05, 4.69) is 17.6 Å². The van der Waals surface area contributed by atoms with Gasteiger partial charge in [0.15, 0.2) is 0 Å². The van der Waals surface area contributed by atoms with E-state index < -0.39 is 0 Å². The molecule has 0 spiro atoms. The molecule has 4 heteroatoms. The molecule has 2 amide bonds. The highest BCUT2D eigenvalue weighted by Gasteiger charge is 2.03. The zero-order valence-corrected chi connectivity index (χ0v) is 11.2. The Kier molecular flexibility index (Phi) is 4.35. The van der Waals surface area contributed by atoms with E-state index in [1.54, 1.807) is 24.3 Å². The number of benzene rings is 2. The number of aryl methyl sites for hydroxylation is 1. The molecule has 0 aliphatic carbocycles. The van der Waals surface area contributed by atoms with Crippen molar-refractivity contribution in [1.82, 2.24) is 0 Å². The maximum absolute atomic E-state index is 11.9. The Bertz CT molecular complexity index is 659. The zero-order valence-electron chi connectivity index (χ0n) is 11.2. The quantitative estimate of drug-likeness (QED) is 0.887. The lowest BCUT2D eigenvalue weighted by Crippen LogP contribution is -2.19. The topological polar surface area (TPSA) is 64.9 Å². The zero-order chi connectivity index (χ0) is 14.4. The summed E-state index contributed by atoms with van der Waals surface area (Å²) in [5, 5.41) is 14.3. The molecule has 0 radical (unpaired) electrons. The van der Waals surface area contributed by atoms with Crippen LogP contribution in [0.2, 0.25) is 0 Å². The molecular weight excluding hydrogens is 250 g/mol. The molecular formula is C16H15N3O. The summed E-state index contributed by atoms with van der Waals surface area (Å²) >= 11 is 0. The van der Waals surface area contributed by atoms with Gasteiger partial charge in [0.1, 0.15) is 0 Å². The van der Waals surface area contributed by atoms with Crippen LogP contribution >= 0.6 is 0 Å². The Morgan fingerprint density at radius 3 is 2.40 bits per heavy atom. The summed E-state index contributed by atoms with van der Waals surface area (Å²) in [4.78, 5) is 11.9. The third-order valence-electron chi connectivity index (χ3n) is 2.84. The average molecular weight is 265 g/mol. The predicted molar refractivity (Wildman–Crippen MR) is 79.6 cm³/mol. The molecule has 0 saturated heterocycles. The molecule has 0 aromatic heterocycles. The van der Waals surface area contributed by atoms with E-state index in [9.17, 15) is 4.79 Å². The van der Waals surface area contributed by atoms with Gasteiger partial charge in [-0.1, -0.05) is 25.1 Å². The van der Waals surface area contributed by atoms with Crippen molar-refractivity contribution in [2.24, 2.45) is 0 Å². The molecule has 0 aliphatic heterocycles. The second-order valence-corrected chi connectivity index (χ2v) is 4.33. The number of hydrogen-bond acceptors (Lipinski definition) is 2. The molecule has 2 aromatic rings. The fourth-order valence-electron chi connectivity index (χ4n) is 1.83. The molecule has 0 fully saturated rings. The van der Waals surface area contributed by atoms with Crippen molar-refractivity contribution in [2.75, 3.05) is 10.6 Å². The fourth-order valence-corrected chi connectivity index (χ4v) is 1.83. The smallest absolute Gasteiger partial charge is 0.308 e. The van der Waals surface area contributed by atoms with Gasteiger partial charge in [0.05, 0.1) is 11.6 Å². The highest BCUT2D eigenvalue weighted by Crippen LogP contribution is 2.13. The number of urea groups is 1. The number of nitrogens with one attached hydrogen (secondary N) is 2. The third-order valence-corrected chi connectivity index (χ3v) is 2.84. The summed E-state index contributed by atoms with van der Waals surface area (Å²) in [5.74, 6) is 0. The molecule has 4 nitrogen and oxygen atoms in total. The van der Waals surface area contributed by atoms with Gasteiger partial charge in [-0.05, 0) is 42.3 Å². The molecule has 2 N–H and O–H groups in total. The molecule has 0 atom stereocenters. The van der Waals surface area contributed by atoms with Crippen LogP contribution in [0.4, 0.5) is 16.2 Å². The van der Waals surface area contributed by atoms with Gasteiger partial charge in [0, 0.05) is 11.4 Å². The molecule has 0 saturated carbocycles. The standard InChI is InChI=1S/C16H15N3O/c1-2-12-5-3-7-14(9-12)18-16(20)19-15-8-4-6-13(10-15)11-17/h3-10H,2H2,1H3,(H2,18,19,20). The van der Waals surface area contributed by atoms with Crippen LogP contribution < -0.4 is 10.6 Å². The molecule has 0 aliphatic rings. The Morgan fingerprint density at radius 2 is 1.75 bits per heavy atom. The first kappa shape index (κ1) is 13.6. The number of anilines is 2. The SMILES string of the molecule is CCc1cccc(NC(=O)Nc2cccc(C#N)c2)c1. The van der Waals surface area contributed by atoms with Crippen LogP contribution in [-0.4, -0.2) is 6.03 Å². The minimum absolute atomic E-state index is 0.326. The summed E-state index contributed by atoms with van der Waals surface area (Å²) in [7, 11) is 0. The van der Waals surface area contributed by atoms with Crippen LogP contribution in [0.1, 0.15) is 18.1 Å². The number of nitriles is 1. The van der Waals surface area contributed by atoms with Gasteiger partial charge < -0.3 is 10.6 Å². The van der Waals surface area contributed by atoms with Crippen LogP contribution in [0.15, 0.2) is 48.5 Å². The normalized spacial score (nSPS) is 9.60. The lowest BCUT2D eigenvalue weighted by molar-refractivity contribution is 0.262. The summed E-state index contributed by atoms with van der Waals surface area (Å²) in [6, 6.07) is 16.2. The average Bonchev–Trinajstić information content (AvgIpc) is 2.47. The fraction of sp³-hybridized carbons (Fsp3) is 0.125. The first-order valence-electron chi connectivity index (χ1n) is 6.38. The van der Waals surface area contributed by atoms with E-state index in [-0.39, 0.29) is 6.03 Å². The van der Waals surface area contributed by atoms with Crippen molar-refractivity contribution >= 4 is 17.4 Å².